The van der Waals surface area contributed by atoms with Crippen LogP contribution in [0.25, 0.3) is 0 Å². The average molecular weight is 269 g/mol. The zero-order valence-electron chi connectivity index (χ0n) is 13.2. The maximum atomic E-state index is 12.5. The molecule has 1 aliphatic rings. The van der Waals surface area contributed by atoms with Crippen molar-refractivity contribution in [2.24, 2.45) is 11.7 Å². The molecule has 0 bridgehead atoms. The minimum Gasteiger partial charge on any atom is -0.337 e. The Morgan fingerprint density at radius 1 is 1.32 bits per heavy atom. The predicted octanol–water partition coefficient (Wildman–Crippen LogP) is 1.69. The van der Waals surface area contributed by atoms with Crippen LogP contribution < -0.4 is 5.73 Å². The number of likely N-dealkylation sites (tertiary alicyclic amines) is 1. The molecule has 1 aliphatic heterocycles. The maximum absolute atomic E-state index is 12.5. The maximum Gasteiger partial charge on any atom is 0.240 e. The molecule has 0 aromatic carbocycles. The number of nitrogens with two attached hydrogens (primary N) is 1. The zero-order chi connectivity index (χ0) is 14.6. The van der Waals surface area contributed by atoms with E-state index in [0.717, 1.165) is 25.9 Å². The fourth-order valence-electron chi connectivity index (χ4n) is 2.50. The summed E-state index contributed by atoms with van der Waals surface area (Å²) in [6.45, 7) is 10.2. The molecule has 0 aliphatic carbocycles. The van der Waals surface area contributed by atoms with Gasteiger partial charge in [-0.2, -0.15) is 0 Å². The first-order valence-electron chi connectivity index (χ1n) is 7.61. The molecule has 4 nitrogen and oxygen atoms in total. The van der Waals surface area contributed by atoms with Crippen molar-refractivity contribution < 1.29 is 4.79 Å². The number of likely N-dealkylation sites (N-methyl/N-ethyl adjacent to an activating group) is 1. The lowest BCUT2D eigenvalue weighted by atomic mass is 9.97. The van der Waals surface area contributed by atoms with Crippen molar-refractivity contribution >= 4 is 5.91 Å². The molecule has 0 spiro atoms. The standard InChI is InChI=1S/C15H31N3O/c1-11(2)14(16)15(19)18-9-7-6-8-13(18)10-17(5)12(3)4/h11-14H,6-10,16H2,1-5H3. The number of hydrogen-bond donors (Lipinski definition) is 1. The molecule has 2 unspecified atom stereocenters. The van der Waals surface area contributed by atoms with Crippen LogP contribution in [0.2, 0.25) is 0 Å². The van der Waals surface area contributed by atoms with Crippen molar-refractivity contribution in [3.05, 3.63) is 0 Å². The molecule has 2 N–H and O–H groups in total. The van der Waals surface area contributed by atoms with Crippen LogP contribution in [-0.4, -0.2) is 54.0 Å². The molecule has 2 atom stereocenters. The summed E-state index contributed by atoms with van der Waals surface area (Å²) >= 11 is 0. The van der Waals surface area contributed by atoms with Crippen molar-refractivity contribution in [1.82, 2.24) is 9.80 Å². The molecule has 112 valence electrons. The molecule has 1 saturated heterocycles. The molecule has 1 amide bonds. The summed E-state index contributed by atoms with van der Waals surface area (Å²) in [4.78, 5) is 16.8. The quantitative estimate of drug-likeness (QED) is 0.826. The summed E-state index contributed by atoms with van der Waals surface area (Å²) in [5.41, 5.74) is 6.04. The lowest BCUT2D eigenvalue weighted by Crippen LogP contribution is -2.55. The SMILES string of the molecule is CC(C)C(N)C(=O)N1CCCCC1CN(C)C(C)C. The number of piperidine rings is 1. The monoisotopic (exact) mass is 269 g/mol. The lowest BCUT2D eigenvalue weighted by molar-refractivity contribution is -0.137. The molecular weight excluding hydrogens is 238 g/mol. The van der Waals surface area contributed by atoms with Gasteiger partial charge in [-0.15, -0.1) is 0 Å². The highest BCUT2D eigenvalue weighted by Crippen LogP contribution is 2.20. The second kappa shape index (κ2) is 7.25. The van der Waals surface area contributed by atoms with Gasteiger partial charge in [0, 0.05) is 25.2 Å². The van der Waals surface area contributed by atoms with Crippen molar-refractivity contribution in [2.45, 2.75) is 65.1 Å². The summed E-state index contributed by atoms with van der Waals surface area (Å²) in [5, 5.41) is 0. The highest BCUT2D eigenvalue weighted by atomic mass is 16.2. The van der Waals surface area contributed by atoms with Gasteiger partial charge in [0.2, 0.25) is 5.91 Å². The van der Waals surface area contributed by atoms with E-state index in [4.69, 9.17) is 5.73 Å². The van der Waals surface area contributed by atoms with E-state index < -0.39 is 0 Å². The molecule has 4 heteroatoms. The highest BCUT2D eigenvalue weighted by molar-refractivity contribution is 5.82. The van der Waals surface area contributed by atoms with Crippen LogP contribution in [0.5, 0.6) is 0 Å². The number of nitrogens with zero attached hydrogens (tertiary/aromatic N) is 2. The first-order valence-corrected chi connectivity index (χ1v) is 7.61. The van der Waals surface area contributed by atoms with Crippen molar-refractivity contribution in [2.75, 3.05) is 20.1 Å². The normalized spacial score (nSPS) is 22.4. The van der Waals surface area contributed by atoms with Gasteiger partial charge in [-0.05, 0) is 46.1 Å². The third-order valence-corrected chi connectivity index (χ3v) is 4.29. The summed E-state index contributed by atoms with van der Waals surface area (Å²) in [7, 11) is 2.13. The summed E-state index contributed by atoms with van der Waals surface area (Å²) < 4.78 is 0. The Balaban J connectivity index is 2.69. The van der Waals surface area contributed by atoms with Gasteiger partial charge in [0.1, 0.15) is 0 Å². The zero-order valence-corrected chi connectivity index (χ0v) is 13.2. The van der Waals surface area contributed by atoms with Gasteiger partial charge >= 0.3 is 0 Å². The molecule has 0 aromatic heterocycles. The molecule has 19 heavy (non-hydrogen) atoms. The minimum absolute atomic E-state index is 0.136. The number of carbonyl (C=O) groups excluding carboxylic acids is 1. The Kier molecular flexibility index (Phi) is 6.27. The van der Waals surface area contributed by atoms with Crippen molar-refractivity contribution in [3.8, 4) is 0 Å². The van der Waals surface area contributed by atoms with Gasteiger partial charge in [0.25, 0.3) is 0 Å². The Hall–Kier alpha value is -0.610. The van der Waals surface area contributed by atoms with E-state index in [0.29, 0.717) is 12.1 Å². The third kappa shape index (κ3) is 4.46. The van der Waals surface area contributed by atoms with E-state index in [1.54, 1.807) is 0 Å². The van der Waals surface area contributed by atoms with E-state index in [1.165, 1.54) is 6.42 Å². The highest BCUT2D eigenvalue weighted by Gasteiger charge is 2.31. The lowest BCUT2D eigenvalue weighted by Gasteiger charge is -2.40. The average Bonchev–Trinajstić information content (AvgIpc) is 2.37. The number of carbonyl (C=O) groups is 1. The summed E-state index contributed by atoms with van der Waals surface area (Å²) in [5.74, 6) is 0.342. The van der Waals surface area contributed by atoms with Crippen LogP contribution in [0, 0.1) is 5.92 Å². The number of hydrogen-bond acceptors (Lipinski definition) is 3. The Bertz CT molecular complexity index is 291. The van der Waals surface area contributed by atoms with Gasteiger partial charge < -0.3 is 15.5 Å². The van der Waals surface area contributed by atoms with Gasteiger partial charge in [-0.1, -0.05) is 13.8 Å². The van der Waals surface area contributed by atoms with Crippen LogP contribution in [0.4, 0.5) is 0 Å². The fourth-order valence-corrected chi connectivity index (χ4v) is 2.50. The molecule has 1 heterocycles. The Morgan fingerprint density at radius 2 is 1.95 bits per heavy atom. The first-order chi connectivity index (χ1) is 8.84. The van der Waals surface area contributed by atoms with Crippen LogP contribution in [0.3, 0.4) is 0 Å². The van der Waals surface area contributed by atoms with Gasteiger partial charge in [0.15, 0.2) is 0 Å². The number of amides is 1. The van der Waals surface area contributed by atoms with E-state index in [2.05, 4.69) is 25.8 Å². The van der Waals surface area contributed by atoms with E-state index in [9.17, 15) is 4.79 Å². The first kappa shape index (κ1) is 16.4. The second-order valence-corrected chi connectivity index (χ2v) is 6.48. The van der Waals surface area contributed by atoms with E-state index in [1.807, 2.05) is 18.7 Å². The largest absolute Gasteiger partial charge is 0.337 e. The summed E-state index contributed by atoms with van der Waals surface area (Å²) in [6.07, 6.45) is 3.43. The Labute approximate surface area is 118 Å². The third-order valence-electron chi connectivity index (χ3n) is 4.29. The van der Waals surface area contributed by atoms with Crippen molar-refractivity contribution in [3.63, 3.8) is 0 Å². The van der Waals surface area contributed by atoms with Gasteiger partial charge in [0.05, 0.1) is 6.04 Å². The van der Waals surface area contributed by atoms with E-state index >= 15 is 0 Å². The molecule has 0 aromatic rings. The van der Waals surface area contributed by atoms with Crippen LogP contribution in [0.15, 0.2) is 0 Å². The van der Waals surface area contributed by atoms with Crippen molar-refractivity contribution in [1.29, 1.82) is 0 Å². The molecule has 0 saturated carbocycles. The summed E-state index contributed by atoms with van der Waals surface area (Å²) in [6, 6.07) is 0.487. The number of rotatable bonds is 5. The van der Waals surface area contributed by atoms with E-state index in [-0.39, 0.29) is 17.9 Å². The van der Waals surface area contributed by atoms with Crippen LogP contribution in [0.1, 0.15) is 47.0 Å². The molecule has 0 radical (unpaired) electrons. The Morgan fingerprint density at radius 3 is 2.47 bits per heavy atom. The molecule has 1 fully saturated rings. The smallest absolute Gasteiger partial charge is 0.240 e. The predicted molar refractivity (Wildman–Crippen MR) is 79.9 cm³/mol. The molecule has 1 rings (SSSR count). The van der Waals surface area contributed by atoms with Crippen LogP contribution >= 0.6 is 0 Å². The van der Waals surface area contributed by atoms with Crippen LogP contribution in [-0.2, 0) is 4.79 Å². The fraction of sp³-hybridized carbons (Fsp3) is 0.933. The topological polar surface area (TPSA) is 49.6 Å². The van der Waals surface area contributed by atoms with Gasteiger partial charge in [-0.3, -0.25) is 4.79 Å². The minimum atomic E-state index is -0.357. The second-order valence-electron chi connectivity index (χ2n) is 6.48. The van der Waals surface area contributed by atoms with Gasteiger partial charge in [-0.25, -0.2) is 0 Å². The molecular formula is C15H31N3O.